The van der Waals surface area contributed by atoms with Gasteiger partial charge in [0.25, 0.3) is 0 Å². The van der Waals surface area contributed by atoms with E-state index in [1.165, 1.54) is 11.8 Å². The average Bonchev–Trinajstić information content (AvgIpc) is 2.52. The molecule has 0 saturated carbocycles. The highest BCUT2D eigenvalue weighted by atomic mass is 16.5. The van der Waals surface area contributed by atoms with Crippen molar-refractivity contribution < 1.29 is 9.32 Å². The van der Waals surface area contributed by atoms with E-state index < -0.39 is 0 Å². The van der Waals surface area contributed by atoms with E-state index in [-0.39, 0.29) is 5.91 Å². The molecule has 1 rings (SSSR count). The Bertz CT molecular complexity index is 309. The summed E-state index contributed by atoms with van der Waals surface area (Å²) in [6, 6.07) is 0.295. The van der Waals surface area contributed by atoms with Crippen LogP contribution in [0.25, 0.3) is 0 Å². The van der Waals surface area contributed by atoms with Gasteiger partial charge in [-0.1, -0.05) is 18.5 Å². The molecule has 5 heteroatoms. The van der Waals surface area contributed by atoms with E-state index in [1.54, 1.807) is 6.92 Å². The molecule has 1 amide bonds. The third-order valence-corrected chi connectivity index (χ3v) is 1.86. The van der Waals surface area contributed by atoms with Crippen molar-refractivity contribution in [2.75, 3.05) is 11.4 Å². The summed E-state index contributed by atoms with van der Waals surface area (Å²) in [5, 5.41) is 3.65. The van der Waals surface area contributed by atoms with Crippen molar-refractivity contribution in [2.45, 2.75) is 33.6 Å². The Morgan fingerprint density at radius 3 is 2.71 bits per heavy atom. The molecule has 0 saturated heterocycles. The van der Waals surface area contributed by atoms with E-state index in [1.807, 2.05) is 0 Å². The molecular formula is C9H15N3O2. The summed E-state index contributed by atoms with van der Waals surface area (Å²) in [5.74, 6) is 0.477. The third-order valence-electron chi connectivity index (χ3n) is 1.86. The molecule has 0 aliphatic heterocycles. The highest BCUT2D eigenvalue weighted by molar-refractivity contribution is 5.88. The van der Waals surface area contributed by atoms with E-state index >= 15 is 0 Å². The summed E-state index contributed by atoms with van der Waals surface area (Å²) < 4.78 is 4.93. The molecule has 1 heterocycles. The molecule has 0 unspecified atom stereocenters. The Kier molecular flexibility index (Phi) is 3.62. The molecule has 0 aliphatic carbocycles. The Labute approximate surface area is 83.1 Å². The number of carbonyl (C=O) groups excluding carboxylic acids is 1. The second-order valence-electron chi connectivity index (χ2n) is 3.15. The molecule has 14 heavy (non-hydrogen) atoms. The first kappa shape index (κ1) is 10.7. The first-order valence-electron chi connectivity index (χ1n) is 4.73. The molecule has 0 N–H and O–H groups in total. The molecule has 78 valence electrons. The van der Waals surface area contributed by atoms with Crippen molar-refractivity contribution in [3.63, 3.8) is 0 Å². The first-order valence-corrected chi connectivity index (χ1v) is 4.73. The van der Waals surface area contributed by atoms with Crippen LogP contribution in [-0.4, -0.2) is 22.6 Å². The lowest BCUT2D eigenvalue weighted by Gasteiger charge is -2.14. The molecule has 0 aromatic carbocycles. The van der Waals surface area contributed by atoms with Crippen molar-refractivity contribution in [3.8, 4) is 0 Å². The third kappa shape index (κ3) is 2.55. The van der Waals surface area contributed by atoms with Crippen LogP contribution in [0.15, 0.2) is 4.52 Å². The van der Waals surface area contributed by atoms with Crippen LogP contribution < -0.4 is 4.90 Å². The van der Waals surface area contributed by atoms with E-state index in [0.717, 1.165) is 12.8 Å². The Hall–Kier alpha value is -1.39. The zero-order valence-corrected chi connectivity index (χ0v) is 8.78. The molecule has 0 fully saturated rings. The van der Waals surface area contributed by atoms with Crippen molar-refractivity contribution in [1.29, 1.82) is 0 Å². The summed E-state index contributed by atoms with van der Waals surface area (Å²) in [4.78, 5) is 16.8. The molecule has 5 nitrogen and oxygen atoms in total. The lowest BCUT2D eigenvalue weighted by molar-refractivity contribution is -0.116. The van der Waals surface area contributed by atoms with Crippen LogP contribution in [0.2, 0.25) is 0 Å². The normalized spacial score (nSPS) is 10.2. The van der Waals surface area contributed by atoms with Crippen LogP contribution in [0.5, 0.6) is 0 Å². The fourth-order valence-electron chi connectivity index (χ4n) is 1.10. The molecule has 1 aromatic rings. The van der Waals surface area contributed by atoms with Gasteiger partial charge in [0.15, 0.2) is 5.82 Å². The van der Waals surface area contributed by atoms with Gasteiger partial charge in [-0.3, -0.25) is 9.69 Å². The predicted molar refractivity (Wildman–Crippen MR) is 52.0 cm³/mol. The van der Waals surface area contributed by atoms with Gasteiger partial charge >= 0.3 is 6.01 Å². The second-order valence-corrected chi connectivity index (χ2v) is 3.15. The van der Waals surface area contributed by atoms with E-state index in [9.17, 15) is 4.79 Å². The summed E-state index contributed by atoms with van der Waals surface area (Å²) in [6.45, 7) is 5.92. The summed E-state index contributed by atoms with van der Waals surface area (Å²) >= 11 is 0. The molecular weight excluding hydrogens is 182 g/mol. The summed E-state index contributed by atoms with van der Waals surface area (Å²) in [5.41, 5.74) is 0. The first-order chi connectivity index (χ1) is 6.65. The van der Waals surface area contributed by atoms with Gasteiger partial charge in [0.1, 0.15) is 0 Å². The molecule has 0 aliphatic rings. The molecule has 0 radical (unpaired) electrons. The number of hydrogen-bond donors (Lipinski definition) is 0. The Balaban J connectivity index is 2.72. The van der Waals surface area contributed by atoms with Crippen molar-refractivity contribution >= 4 is 11.9 Å². The van der Waals surface area contributed by atoms with Gasteiger partial charge in [0.05, 0.1) is 0 Å². The molecule has 0 atom stereocenters. The minimum atomic E-state index is -0.0675. The van der Waals surface area contributed by atoms with Crippen LogP contribution in [0.1, 0.15) is 32.5 Å². The number of amides is 1. The fraction of sp³-hybridized carbons (Fsp3) is 0.667. The number of aromatic nitrogens is 2. The van der Waals surface area contributed by atoms with Gasteiger partial charge in [-0.05, 0) is 13.3 Å². The van der Waals surface area contributed by atoms with E-state index in [4.69, 9.17) is 4.52 Å². The maximum Gasteiger partial charge on any atom is 0.330 e. The lowest BCUT2D eigenvalue weighted by atomic mass is 10.3. The monoisotopic (exact) mass is 197 g/mol. The number of unbranched alkanes of at least 4 members (excludes halogenated alkanes) is 1. The quantitative estimate of drug-likeness (QED) is 0.734. The van der Waals surface area contributed by atoms with Gasteiger partial charge in [-0.2, -0.15) is 4.98 Å². The molecule has 1 aromatic heterocycles. The van der Waals surface area contributed by atoms with Gasteiger partial charge in [-0.15, -0.1) is 0 Å². The topological polar surface area (TPSA) is 59.2 Å². The maximum absolute atomic E-state index is 11.3. The Morgan fingerprint density at radius 2 is 2.29 bits per heavy atom. The fourth-order valence-corrected chi connectivity index (χ4v) is 1.10. The van der Waals surface area contributed by atoms with Crippen LogP contribution >= 0.6 is 0 Å². The number of anilines is 1. The second kappa shape index (κ2) is 4.74. The zero-order chi connectivity index (χ0) is 10.6. The lowest BCUT2D eigenvalue weighted by Crippen LogP contribution is -2.29. The van der Waals surface area contributed by atoms with Crippen LogP contribution in [0.4, 0.5) is 6.01 Å². The maximum atomic E-state index is 11.3. The largest absolute Gasteiger partial charge is 0.330 e. The van der Waals surface area contributed by atoms with Crippen molar-refractivity contribution in [3.05, 3.63) is 5.82 Å². The standard InChI is InChI=1S/C9H15N3O2/c1-4-5-6-12(8(3)13)9-10-7(2)11-14-9/h4-6H2,1-3H3. The van der Waals surface area contributed by atoms with Crippen LogP contribution in [-0.2, 0) is 4.79 Å². The van der Waals surface area contributed by atoms with Crippen molar-refractivity contribution in [2.24, 2.45) is 0 Å². The SMILES string of the molecule is CCCCN(C(C)=O)c1nc(C)no1. The number of hydrogen-bond acceptors (Lipinski definition) is 4. The predicted octanol–water partition coefficient (Wildman–Crippen LogP) is 1.53. The smallest absolute Gasteiger partial charge is 0.315 e. The van der Waals surface area contributed by atoms with Gasteiger partial charge in [0, 0.05) is 13.5 Å². The van der Waals surface area contributed by atoms with Gasteiger partial charge < -0.3 is 4.52 Å². The number of carbonyl (C=O) groups is 1. The van der Waals surface area contributed by atoms with Crippen LogP contribution in [0.3, 0.4) is 0 Å². The highest BCUT2D eigenvalue weighted by Crippen LogP contribution is 2.11. The van der Waals surface area contributed by atoms with Crippen molar-refractivity contribution in [1.82, 2.24) is 10.1 Å². The number of aryl methyl sites for hydroxylation is 1. The number of rotatable bonds is 4. The number of nitrogens with zero attached hydrogens (tertiary/aromatic N) is 3. The van der Waals surface area contributed by atoms with Gasteiger partial charge in [0.2, 0.25) is 5.91 Å². The van der Waals surface area contributed by atoms with Crippen LogP contribution in [0, 0.1) is 6.92 Å². The summed E-state index contributed by atoms with van der Waals surface area (Å²) in [7, 11) is 0. The van der Waals surface area contributed by atoms with E-state index in [0.29, 0.717) is 18.4 Å². The highest BCUT2D eigenvalue weighted by Gasteiger charge is 2.16. The minimum Gasteiger partial charge on any atom is -0.315 e. The zero-order valence-electron chi connectivity index (χ0n) is 8.78. The van der Waals surface area contributed by atoms with E-state index in [2.05, 4.69) is 17.1 Å². The van der Waals surface area contributed by atoms with Gasteiger partial charge in [-0.25, -0.2) is 0 Å². The average molecular weight is 197 g/mol. The Morgan fingerprint density at radius 1 is 1.57 bits per heavy atom. The minimum absolute atomic E-state index is 0.0675. The molecule has 0 bridgehead atoms. The molecule has 0 spiro atoms. The summed E-state index contributed by atoms with van der Waals surface area (Å²) in [6.07, 6.45) is 1.96.